The molecular weight excluding hydrogens is 196 g/mol. The number of thiophene rings is 1. The van der Waals surface area contributed by atoms with Gasteiger partial charge in [-0.05, 0) is 11.4 Å². The Hall–Kier alpha value is -0.550. The van der Waals surface area contributed by atoms with Gasteiger partial charge in [0.25, 0.3) is 0 Å². The first-order chi connectivity index (χ1) is 5.53. The van der Waals surface area contributed by atoms with Gasteiger partial charge >= 0.3 is 0 Å². The predicted molar refractivity (Wildman–Crippen MR) is 49.4 cm³/mol. The van der Waals surface area contributed by atoms with Crippen LogP contribution >= 0.6 is 11.3 Å². The molecule has 0 aliphatic heterocycles. The Bertz CT molecular complexity index is 350. The van der Waals surface area contributed by atoms with Gasteiger partial charge in [0.05, 0.1) is 17.7 Å². The van der Waals surface area contributed by atoms with E-state index in [1.165, 1.54) is 24.7 Å². The standard InChI is InChI=1S/C7H10O3S2/c1-10-6-3-4-11-7(6)5-12(2,8)9/h3-4H,5H2,1-2H3. The molecule has 0 fully saturated rings. The van der Waals surface area contributed by atoms with Crippen LogP contribution in [0, 0.1) is 0 Å². The third-order valence-corrected chi connectivity index (χ3v) is 3.22. The minimum absolute atomic E-state index is 0.0633. The van der Waals surface area contributed by atoms with Crippen LogP contribution in [-0.4, -0.2) is 21.8 Å². The zero-order valence-electron chi connectivity index (χ0n) is 6.90. The van der Waals surface area contributed by atoms with Gasteiger partial charge in [-0.1, -0.05) is 0 Å². The smallest absolute Gasteiger partial charge is 0.152 e. The van der Waals surface area contributed by atoms with Crippen molar-refractivity contribution in [2.24, 2.45) is 0 Å². The monoisotopic (exact) mass is 206 g/mol. The number of hydrogen-bond donors (Lipinski definition) is 0. The summed E-state index contributed by atoms with van der Waals surface area (Å²) >= 11 is 1.40. The van der Waals surface area contributed by atoms with Gasteiger partial charge in [0.15, 0.2) is 9.84 Å². The normalized spacial score (nSPS) is 11.5. The Labute approximate surface area is 75.9 Å². The highest BCUT2D eigenvalue weighted by molar-refractivity contribution is 7.90. The first kappa shape index (κ1) is 9.54. The van der Waals surface area contributed by atoms with Crippen LogP contribution in [0.15, 0.2) is 11.4 Å². The van der Waals surface area contributed by atoms with Crippen molar-refractivity contribution in [1.29, 1.82) is 0 Å². The summed E-state index contributed by atoms with van der Waals surface area (Å²) in [4.78, 5) is 0.764. The van der Waals surface area contributed by atoms with E-state index < -0.39 is 9.84 Å². The number of ether oxygens (including phenoxy) is 1. The molecule has 0 amide bonds. The van der Waals surface area contributed by atoms with Crippen LogP contribution in [0.2, 0.25) is 0 Å². The van der Waals surface area contributed by atoms with Crippen molar-refractivity contribution < 1.29 is 13.2 Å². The minimum Gasteiger partial charge on any atom is -0.496 e. The number of rotatable bonds is 3. The van der Waals surface area contributed by atoms with E-state index in [1.54, 1.807) is 6.07 Å². The molecule has 3 nitrogen and oxygen atoms in total. The molecule has 0 N–H and O–H groups in total. The summed E-state index contributed by atoms with van der Waals surface area (Å²) in [5.41, 5.74) is 0. The third kappa shape index (κ3) is 2.49. The van der Waals surface area contributed by atoms with Crippen molar-refractivity contribution in [2.45, 2.75) is 5.75 Å². The second kappa shape index (κ2) is 3.45. The Balaban J connectivity index is 2.89. The van der Waals surface area contributed by atoms with Crippen molar-refractivity contribution in [2.75, 3.05) is 13.4 Å². The Morgan fingerprint density at radius 2 is 2.25 bits per heavy atom. The van der Waals surface area contributed by atoms with Crippen LogP contribution < -0.4 is 4.74 Å². The minimum atomic E-state index is -2.95. The molecule has 0 atom stereocenters. The van der Waals surface area contributed by atoms with Crippen LogP contribution in [0.25, 0.3) is 0 Å². The van der Waals surface area contributed by atoms with Crippen molar-refractivity contribution in [3.63, 3.8) is 0 Å². The molecule has 0 aliphatic carbocycles. The zero-order valence-corrected chi connectivity index (χ0v) is 8.54. The van der Waals surface area contributed by atoms with Crippen LogP contribution in [0.3, 0.4) is 0 Å². The Morgan fingerprint density at radius 1 is 1.58 bits per heavy atom. The average Bonchev–Trinajstić information content (AvgIpc) is 2.31. The van der Waals surface area contributed by atoms with Crippen LogP contribution in [0.4, 0.5) is 0 Å². The van der Waals surface area contributed by atoms with Crippen LogP contribution in [0.1, 0.15) is 4.88 Å². The number of sulfone groups is 1. The van der Waals surface area contributed by atoms with E-state index in [0.29, 0.717) is 5.75 Å². The average molecular weight is 206 g/mol. The quantitative estimate of drug-likeness (QED) is 0.748. The van der Waals surface area contributed by atoms with Gasteiger partial charge in [-0.25, -0.2) is 8.42 Å². The summed E-state index contributed by atoms with van der Waals surface area (Å²) in [7, 11) is -1.41. The maximum atomic E-state index is 10.9. The molecule has 0 spiro atoms. The molecule has 0 unspecified atom stereocenters. The Kier molecular flexibility index (Phi) is 2.74. The molecule has 0 aliphatic rings. The second-order valence-electron chi connectivity index (χ2n) is 2.48. The summed E-state index contributed by atoms with van der Waals surface area (Å²) in [5.74, 6) is 0.721. The van der Waals surface area contributed by atoms with Gasteiger partial charge in [0.2, 0.25) is 0 Å². The topological polar surface area (TPSA) is 43.4 Å². The molecule has 1 aromatic heterocycles. The van der Waals surface area contributed by atoms with Crippen molar-refractivity contribution in [1.82, 2.24) is 0 Å². The maximum absolute atomic E-state index is 10.9. The summed E-state index contributed by atoms with van der Waals surface area (Å²) in [6.45, 7) is 0. The van der Waals surface area contributed by atoms with Crippen LogP contribution in [0.5, 0.6) is 5.75 Å². The highest BCUT2D eigenvalue weighted by atomic mass is 32.2. The fourth-order valence-electron chi connectivity index (χ4n) is 0.854. The fourth-order valence-corrected chi connectivity index (χ4v) is 3.01. The lowest BCUT2D eigenvalue weighted by molar-refractivity contribution is 0.413. The lowest BCUT2D eigenvalue weighted by Crippen LogP contribution is -1.99. The molecule has 1 heterocycles. The highest BCUT2D eigenvalue weighted by Gasteiger charge is 2.10. The lowest BCUT2D eigenvalue weighted by atomic mass is 10.5. The van der Waals surface area contributed by atoms with E-state index in [9.17, 15) is 8.42 Å². The molecule has 12 heavy (non-hydrogen) atoms. The molecule has 1 rings (SSSR count). The van der Waals surface area contributed by atoms with Gasteiger partial charge in [-0.3, -0.25) is 0 Å². The Morgan fingerprint density at radius 3 is 2.75 bits per heavy atom. The number of methoxy groups -OCH3 is 1. The summed E-state index contributed by atoms with van der Waals surface area (Å²) < 4.78 is 26.8. The molecule has 0 saturated carbocycles. The summed E-state index contributed by atoms with van der Waals surface area (Å²) in [6, 6.07) is 1.77. The summed E-state index contributed by atoms with van der Waals surface area (Å²) in [5, 5.41) is 1.82. The molecule has 68 valence electrons. The first-order valence-corrected chi connectivity index (χ1v) is 6.25. The maximum Gasteiger partial charge on any atom is 0.152 e. The van der Waals surface area contributed by atoms with Crippen molar-refractivity contribution in [3.05, 3.63) is 16.3 Å². The first-order valence-electron chi connectivity index (χ1n) is 3.31. The molecule has 0 radical (unpaired) electrons. The fraction of sp³-hybridized carbons (Fsp3) is 0.429. The van der Waals surface area contributed by atoms with Gasteiger partial charge in [-0.15, -0.1) is 11.3 Å². The molecule has 0 bridgehead atoms. The van der Waals surface area contributed by atoms with Gasteiger partial charge in [0.1, 0.15) is 5.75 Å². The van der Waals surface area contributed by atoms with Gasteiger partial charge in [0, 0.05) is 6.26 Å². The highest BCUT2D eigenvalue weighted by Crippen LogP contribution is 2.25. The van der Waals surface area contributed by atoms with E-state index in [1.807, 2.05) is 5.38 Å². The largest absolute Gasteiger partial charge is 0.496 e. The summed E-state index contributed by atoms with van der Waals surface area (Å²) in [6.07, 6.45) is 1.21. The van der Waals surface area contributed by atoms with Gasteiger partial charge < -0.3 is 4.74 Å². The molecule has 1 aromatic rings. The van der Waals surface area contributed by atoms with E-state index in [2.05, 4.69) is 0 Å². The van der Waals surface area contributed by atoms with Crippen LogP contribution in [-0.2, 0) is 15.6 Å². The molecule has 5 heteroatoms. The van der Waals surface area contributed by atoms with E-state index in [-0.39, 0.29) is 5.75 Å². The predicted octanol–water partition coefficient (Wildman–Crippen LogP) is 1.30. The van der Waals surface area contributed by atoms with E-state index in [4.69, 9.17) is 4.74 Å². The SMILES string of the molecule is COc1ccsc1CS(C)(=O)=O. The van der Waals surface area contributed by atoms with E-state index in [0.717, 1.165) is 4.88 Å². The second-order valence-corrected chi connectivity index (χ2v) is 5.62. The molecular formula is C7H10O3S2. The third-order valence-electron chi connectivity index (χ3n) is 1.32. The molecule has 0 saturated heterocycles. The van der Waals surface area contributed by atoms with E-state index >= 15 is 0 Å². The van der Waals surface area contributed by atoms with Gasteiger partial charge in [-0.2, -0.15) is 0 Å². The van der Waals surface area contributed by atoms with Crippen molar-refractivity contribution in [3.8, 4) is 5.75 Å². The number of hydrogen-bond acceptors (Lipinski definition) is 4. The molecule has 0 aromatic carbocycles. The zero-order chi connectivity index (χ0) is 9.19. The van der Waals surface area contributed by atoms with Crippen molar-refractivity contribution >= 4 is 21.2 Å². The lowest BCUT2D eigenvalue weighted by Gasteiger charge is -1.99.